The quantitative estimate of drug-likeness (QED) is 0.0508. The van der Waals surface area contributed by atoms with Crippen LogP contribution in [0.15, 0.2) is 48.6 Å². The minimum absolute atomic E-state index is 0.293. The molecule has 3 N–H and O–H groups in total. The van der Waals surface area contributed by atoms with Gasteiger partial charge in [-0.05, 0) is 111 Å². The molecule has 0 unspecified atom stereocenters. The molecular formula is C45H87N3. The van der Waals surface area contributed by atoms with Crippen LogP contribution in [0.3, 0.4) is 0 Å². The van der Waals surface area contributed by atoms with Gasteiger partial charge in [0.05, 0.1) is 0 Å². The summed E-state index contributed by atoms with van der Waals surface area (Å²) in [5, 5.41) is 3.91. The van der Waals surface area contributed by atoms with Gasteiger partial charge in [-0.25, -0.2) is 0 Å². The molecule has 0 rings (SSSR count). The highest BCUT2D eigenvalue weighted by Gasteiger charge is 2.11. The second-order valence-corrected chi connectivity index (χ2v) is 14.9. The predicted molar refractivity (Wildman–Crippen MR) is 220 cm³/mol. The molecule has 0 aliphatic carbocycles. The van der Waals surface area contributed by atoms with Gasteiger partial charge in [-0.1, -0.05) is 159 Å². The molecule has 0 amide bonds. The van der Waals surface area contributed by atoms with E-state index >= 15 is 0 Å². The maximum absolute atomic E-state index is 6.53. The largest absolute Gasteiger partial charge is 0.327 e. The van der Waals surface area contributed by atoms with E-state index in [2.05, 4.69) is 86.8 Å². The van der Waals surface area contributed by atoms with Gasteiger partial charge in [0.25, 0.3) is 0 Å². The van der Waals surface area contributed by atoms with Gasteiger partial charge >= 0.3 is 0 Å². The van der Waals surface area contributed by atoms with Crippen molar-refractivity contribution in [2.24, 2.45) is 5.73 Å². The van der Waals surface area contributed by atoms with E-state index < -0.39 is 0 Å². The van der Waals surface area contributed by atoms with Crippen molar-refractivity contribution in [1.29, 1.82) is 0 Å². The van der Waals surface area contributed by atoms with Crippen LogP contribution in [0.5, 0.6) is 0 Å². The molecule has 0 aliphatic rings. The van der Waals surface area contributed by atoms with Crippen molar-refractivity contribution in [3.05, 3.63) is 48.6 Å². The lowest BCUT2D eigenvalue weighted by atomic mass is 9.99. The Morgan fingerprint density at radius 1 is 0.458 bits per heavy atom. The van der Waals surface area contributed by atoms with Gasteiger partial charge < -0.3 is 16.0 Å². The fraction of sp³-hybridized carbons (Fsp3) is 0.822. The zero-order valence-electron chi connectivity index (χ0n) is 33.2. The van der Waals surface area contributed by atoms with Crippen LogP contribution in [0.25, 0.3) is 0 Å². The Balaban J connectivity index is 4.08. The minimum atomic E-state index is 0.293. The van der Waals surface area contributed by atoms with E-state index in [-0.39, 0.29) is 0 Å². The summed E-state index contributed by atoms with van der Waals surface area (Å²) in [4.78, 5) is 2.28. The highest BCUT2D eigenvalue weighted by Crippen LogP contribution is 2.16. The minimum Gasteiger partial charge on any atom is -0.327 e. The van der Waals surface area contributed by atoms with Gasteiger partial charge in [-0.3, -0.25) is 0 Å². The molecule has 0 fully saturated rings. The number of hydrogen-bond acceptors (Lipinski definition) is 3. The summed E-state index contributed by atoms with van der Waals surface area (Å²) < 4.78 is 0. The lowest BCUT2D eigenvalue weighted by Crippen LogP contribution is -2.39. The Morgan fingerprint density at radius 3 is 1.25 bits per heavy atom. The third kappa shape index (κ3) is 39.3. The Kier molecular flexibility index (Phi) is 39.3. The van der Waals surface area contributed by atoms with E-state index in [0.29, 0.717) is 12.1 Å². The Labute approximate surface area is 303 Å². The molecule has 0 aromatic heterocycles. The molecule has 48 heavy (non-hydrogen) atoms. The van der Waals surface area contributed by atoms with E-state index in [9.17, 15) is 0 Å². The van der Waals surface area contributed by atoms with E-state index in [0.717, 1.165) is 25.8 Å². The number of rotatable bonds is 38. The molecule has 3 nitrogen and oxygen atoms in total. The summed E-state index contributed by atoms with van der Waals surface area (Å²) in [6.07, 6.45) is 57.0. The first-order valence-electron chi connectivity index (χ1n) is 21.3. The fourth-order valence-electron chi connectivity index (χ4n) is 6.36. The van der Waals surface area contributed by atoms with Gasteiger partial charge in [-0.15, -0.1) is 0 Å². The number of nitrogens with one attached hydrogen (secondary N) is 1. The molecule has 3 heteroatoms. The standard InChI is InChI=1S/C45H87N3/c1-5-7-9-11-13-15-17-19-21-23-25-27-29-31-33-35-40-45(47-43-44(46)39-37-38-42-48(3)4)41-36-34-32-30-28-26-24-22-20-18-16-14-12-10-8-6-2/h13-16,19-22,44-45,47H,5-12,17-18,23-43,46H2,1-4H3/b15-13-,16-14-,21-19-,22-20-/t44-/m1/s1. The average molecular weight is 670 g/mol. The molecule has 282 valence electrons. The van der Waals surface area contributed by atoms with Crippen molar-refractivity contribution in [1.82, 2.24) is 10.2 Å². The Bertz CT molecular complexity index is 674. The summed E-state index contributed by atoms with van der Waals surface area (Å²) in [6, 6.07) is 0.941. The van der Waals surface area contributed by atoms with Crippen LogP contribution in [0.2, 0.25) is 0 Å². The lowest BCUT2D eigenvalue weighted by Gasteiger charge is -2.22. The molecule has 0 heterocycles. The molecule has 0 bridgehead atoms. The van der Waals surface area contributed by atoms with E-state index in [4.69, 9.17) is 5.73 Å². The molecule has 0 saturated heterocycles. The first kappa shape index (κ1) is 46.8. The van der Waals surface area contributed by atoms with E-state index in [1.165, 1.54) is 173 Å². The average Bonchev–Trinajstić information content (AvgIpc) is 3.08. The van der Waals surface area contributed by atoms with Crippen molar-refractivity contribution >= 4 is 0 Å². The smallest absolute Gasteiger partial charge is 0.0165 e. The molecule has 0 aliphatic heterocycles. The van der Waals surface area contributed by atoms with Crippen molar-refractivity contribution in [2.75, 3.05) is 27.2 Å². The molecular weight excluding hydrogens is 583 g/mol. The highest BCUT2D eigenvalue weighted by molar-refractivity contribution is 4.93. The van der Waals surface area contributed by atoms with Crippen LogP contribution >= 0.6 is 0 Å². The van der Waals surface area contributed by atoms with Crippen LogP contribution in [0.4, 0.5) is 0 Å². The summed E-state index contributed by atoms with van der Waals surface area (Å²) in [6.45, 7) is 6.70. The number of allylic oxidation sites excluding steroid dienone is 8. The summed E-state index contributed by atoms with van der Waals surface area (Å²) >= 11 is 0. The van der Waals surface area contributed by atoms with Crippen molar-refractivity contribution in [3.8, 4) is 0 Å². The third-order valence-corrected chi connectivity index (χ3v) is 9.61. The zero-order chi connectivity index (χ0) is 35.0. The molecule has 0 spiro atoms. The third-order valence-electron chi connectivity index (χ3n) is 9.61. The topological polar surface area (TPSA) is 41.3 Å². The van der Waals surface area contributed by atoms with E-state index in [1.807, 2.05) is 0 Å². The molecule has 0 saturated carbocycles. The molecule has 0 radical (unpaired) electrons. The van der Waals surface area contributed by atoms with Gasteiger partial charge in [0, 0.05) is 18.6 Å². The number of unbranched alkanes of at least 4 members (excludes halogenated alkanes) is 19. The highest BCUT2D eigenvalue weighted by atomic mass is 15.0. The van der Waals surface area contributed by atoms with Crippen LogP contribution in [0.1, 0.15) is 200 Å². The van der Waals surface area contributed by atoms with Crippen LogP contribution < -0.4 is 11.1 Å². The second kappa shape index (κ2) is 40.3. The first-order chi connectivity index (χ1) is 23.6. The van der Waals surface area contributed by atoms with Gasteiger partial charge in [0.2, 0.25) is 0 Å². The summed E-state index contributed by atoms with van der Waals surface area (Å²) in [5.41, 5.74) is 6.53. The van der Waals surface area contributed by atoms with Crippen molar-refractivity contribution in [3.63, 3.8) is 0 Å². The molecule has 0 aromatic carbocycles. The number of nitrogens with two attached hydrogens (primary N) is 1. The SMILES string of the molecule is CCCCC/C=C\C/C=C\CCCCCCCCC(CCCCCCCC/C=C\C/C=C\CCCCC)NC[C@H](N)CCCCN(C)C. The van der Waals surface area contributed by atoms with Gasteiger partial charge in [0.1, 0.15) is 0 Å². The second-order valence-electron chi connectivity index (χ2n) is 14.9. The van der Waals surface area contributed by atoms with Crippen molar-refractivity contribution in [2.45, 2.75) is 212 Å². The van der Waals surface area contributed by atoms with E-state index in [1.54, 1.807) is 0 Å². The Hall–Kier alpha value is -1.16. The maximum atomic E-state index is 6.53. The van der Waals surface area contributed by atoms with Gasteiger partial charge in [0.15, 0.2) is 0 Å². The molecule has 0 aromatic rings. The van der Waals surface area contributed by atoms with Crippen molar-refractivity contribution < 1.29 is 0 Å². The molecule has 1 atom stereocenters. The van der Waals surface area contributed by atoms with Gasteiger partial charge in [-0.2, -0.15) is 0 Å². The number of hydrogen-bond donors (Lipinski definition) is 2. The zero-order valence-corrected chi connectivity index (χ0v) is 33.2. The van der Waals surface area contributed by atoms with Crippen LogP contribution in [-0.2, 0) is 0 Å². The summed E-state index contributed by atoms with van der Waals surface area (Å²) in [5.74, 6) is 0. The fourth-order valence-corrected chi connectivity index (χ4v) is 6.36. The van der Waals surface area contributed by atoms with Crippen LogP contribution in [0, 0.1) is 0 Å². The first-order valence-corrected chi connectivity index (χ1v) is 21.3. The number of nitrogens with zero attached hydrogens (tertiary/aromatic N) is 1. The normalized spacial score (nSPS) is 13.2. The lowest BCUT2D eigenvalue weighted by molar-refractivity contribution is 0.372. The van der Waals surface area contributed by atoms with Crippen LogP contribution in [-0.4, -0.2) is 44.2 Å². The monoisotopic (exact) mass is 670 g/mol. The summed E-state index contributed by atoms with van der Waals surface area (Å²) in [7, 11) is 4.32. The predicted octanol–water partition coefficient (Wildman–Crippen LogP) is 13.4. The Morgan fingerprint density at radius 2 is 0.833 bits per heavy atom. The maximum Gasteiger partial charge on any atom is 0.0165 e.